The van der Waals surface area contributed by atoms with Gasteiger partial charge < -0.3 is 38.2 Å². The van der Waals surface area contributed by atoms with Gasteiger partial charge in [0, 0.05) is 73.1 Å². The summed E-state index contributed by atoms with van der Waals surface area (Å²) in [4.78, 5) is 53.9. The molecule has 0 radical (unpaired) electrons. The van der Waals surface area contributed by atoms with Gasteiger partial charge >= 0.3 is 11.9 Å². The smallest absolute Gasteiger partial charge is 0.306 e. The standard InChI is InChI=1S/C35H56N2O10/c1-34(2,19-24-45-32(40)16-14-30(38)36-21-10-8-12-27(42-5)18-23-36)46-25-20-35(3,4)47-33(41)17-15-31(39)37-22-11-9-13-28(43-6)29(26-37)44-7/h8,12,27-29H,10-11,14-26H2,1-7H3. The molecule has 0 aromatic heterocycles. The highest BCUT2D eigenvalue weighted by atomic mass is 16.6. The maximum atomic E-state index is 12.9. The first kappa shape index (κ1) is 40.2. The fourth-order valence-corrected chi connectivity index (χ4v) is 5.18. The third kappa shape index (κ3) is 15.6. The molecule has 47 heavy (non-hydrogen) atoms. The number of hydrogen-bond donors (Lipinski definition) is 0. The predicted molar refractivity (Wildman–Crippen MR) is 175 cm³/mol. The Bertz CT molecular complexity index is 1110. The third-order valence-corrected chi connectivity index (χ3v) is 8.29. The van der Waals surface area contributed by atoms with Crippen LogP contribution in [0.4, 0.5) is 0 Å². The van der Waals surface area contributed by atoms with E-state index in [1.165, 1.54) is 0 Å². The Hall–Kier alpha value is -2.98. The van der Waals surface area contributed by atoms with E-state index in [1.807, 2.05) is 26.0 Å². The number of amides is 2. The van der Waals surface area contributed by atoms with Gasteiger partial charge in [0.1, 0.15) is 17.8 Å². The lowest BCUT2D eigenvalue weighted by atomic mass is 10.0. The molecule has 266 valence electrons. The van der Waals surface area contributed by atoms with E-state index in [9.17, 15) is 19.2 Å². The van der Waals surface area contributed by atoms with Crippen LogP contribution >= 0.6 is 0 Å². The van der Waals surface area contributed by atoms with Crippen molar-refractivity contribution in [1.29, 1.82) is 0 Å². The summed E-state index contributed by atoms with van der Waals surface area (Å²) in [6.07, 6.45) is 6.27. The first-order valence-corrected chi connectivity index (χ1v) is 16.6. The predicted octanol–water partition coefficient (Wildman–Crippen LogP) is 3.45. The molecule has 12 heteroatoms. The highest BCUT2D eigenvalue weighted by molar-refractivity contribution is 5.82. The first-order chi connectivity index (χ1) is 22.3. The van der Waals surface area contributed by atoms with Gasteiger partial charge in [-0.15, -0.1) is 0 Å². The Morgan fingerprint density at radius 1 is 0.787 bits per heavy atom. The van der Waals surface area contributed by atoms with E-state index in [0.29, 0.717) is 52.0 Å². The van der Waals surface area contributed by atoms with Gasteiger partial charge in [0.25, 0.3) is 0 Å². The molecule has 0 aliphatic carbocycles. The molecule has 2 rings (SSSR count). The summed E-state index contributed by atoms with van der Waals surface area (Å²) in [6, 6.07) is 0. The van der Waals surface area contributed by atoms with Crippen LogP contribution in [0.5, 0.6) is 0 Å². The Kier molecular flexibility index (Phi) is 17.4. The summed E-state index contributed by atoms with van der Waals surface area (Å²) < 4.78 is 33.3. The van der Waals surface area contributed by atoms with Crippen molar-refractivity contribution in [3.05, 3.63) is 12.2 Å². The number of esters is 2. The van der Waals surface area contributed by atoms with Crippen molar-refractivity contribution in [3.8, 4) is 11.8 Å². The molecule has 3 unspecified atom stereocenters. The molecule has 2 heterocycles. The van der Waals surface area contributed by atoms with E-state index in [4.69, 9.17) is 28.4 Å². The highest BCUT2D eigenvalue weighted by Crippen LogP contribution is 2.21. The van der Waals surface area contributed by atoms with E-state index in [-0.39, 0.29) is 56.3 Å². The molecule has 0 spiro atoms. The second kappa shape index (κ2) is 20.4. The number of rotatable bonds is 17. The lowest BCUT2D eigenvalue weighted by Gasteiger charge is -2.30. The van der Waals surface area contributed by atoms with Crippen LogP contribution in [0.15, 0.2) is 12.2 Å². The molecular formula is C35H56N2O10. The number of nitrogens with zero attached hydrogens (tertiary/aromatic N) is 2. The average Bonchev–Trinajstić information content (AvgIpc) is 2.98. The molecule has 2 aliphatic rings. The zero-order valence-electron chi connectivity index (χ0n) is 29.5. The molecule has 2 aliphatic heterocycles. The van der Waals surface area contributed by atoms with Gasteiger partial charge in [-0.2, -0.15) is 0 Å². The van der Waals surface area contributed by atoms with Crippen molar-refractivity contribution in [2.45, 2.75) is 115 Å². The van der Waals surface area contributed by atoms with Crippen molar-refractivity contribution in [2.75, 3.05) is 60.7 Å². The Morgan fingerprint density at radius 2 is 1.47 bits per heavy atom. The quantitative estimate of drug-likeness (QED) is 0.130. The third-order valence-electron chi connectivity index (χ3n) is 8.29. The molecule has 0 saturated carbocycles. The van der Waals surface area contributed by atoms with Crippen molar-refractivity contribution >= 4 is 23.8 Å². The highest BCUT2D eigenvalue weighted by Gasteiger charge is 2.29. The summed E-state index contributed by atoms with van der Waals surface area (Å²) in [7, 11) is 4.77. The Labute approximate surface area is 280 Å². The lowest BCUT2D eigenvalue weighted by Crippen LogP contribution is -2.45. The molecule has 0 bridgehead atoms. The van der Waals surface area contributed by atoms with Crippen LogP contribution < -0.4 is 0 Å². The van der Waals surface area contributed by atoms with E-state index < -0.39 is 29.2 Å². The molecule has 0 saturated heterocycles. The maximum absolute atomic E-state index is 12.9. The minimum Gasteiger partial charge on any atom is -0.466 e. The molecule has 0 fully saturated rings. The van der Waals surface area contributed by atoms with Gasteiger partial charge in [-0.1, -0.05) is 24.0 Å². The van der Waals surface area contributed by atoms with Crippen molar-refractivity contribution in [2.24, 2.45) is 0 Å². The molecule has 12 nitrogen and oxygen atoms in total. The number of methoxy groups -OCH3 is 3. The topological polar surface area (TPSA) is 130 Å². The summed E-state index contributed by atoms with van der Waals surface area (Å²) in [5.74, 6) is 4.93. The maximum Gasteiger partial charge on any atom is 0.306 e. The number of carbonyl (C=O) groups is 4. The SMILES string of the molecule is COC1C=CCCN(C(=O)CCC(=O)OCCC(C)(C)OCCC(C)(C)OC(=O)CCC(=O)N2CCC#CC(OC)C(OC)C2)CC1. The van der Waals surface area contributed by atoms with E-state index in [0.717, 1.165) is 12.8 Å². The van der Waals surface area contributed by atoms with Crippen LogP contribution in [0.1, 0.15) is 85.5 Å². The number of ether oxygens (including phenoxy) is 6. The van der Waals surface area contributed by atoms with Gasteiger partial charge in [-0.25, -0.2) is 0 Å². The summed E-state index contributed by atoms with van der Waals surface area (Å²) in [6.45, 7) is 9.91. The van der Waals surface area contributed by atoms with Gasteiger partial charge in [0.2, 0.25) is 11.8 Å². The van der Waals surface area contributed by atoms with Crippen LogP contribution in [0.2, 0.25) is 0 Å². The molecule has 0 aromatic rings. The van der Waals surface area contributed by atoms with Crippen LogP contribution in [-0.4, -0.2) is 124 Å². The fourth-order valence-electron chi connectivity index (χ4n) is 5.18. The van der Waals surface area contributed by atoms with Crippen LogP contribution in [0.25, 0.3) is 0 Å². The Balaban J connectivity index is 1.65. The van der Waals surface area contributed by atoms with Crippen LogP contribution in [0, 0.1) is 11.8 Å². The number of hydrogen-bond acceptors (Lipinski definition) is 10. The molecular weight excluding hydrogens is 608 g/mol. The average molecular weight is 665 g/mol. The minimum atomic E-state index is -0.800. The monoisotopic (exact) mass is 664 g/mol. The summed E-state index contributed by atoms with van der Waals surface area (Å²) in [5.41, 5.74) is -1.39. The largest absolute Gasteiger partial charge is 0.466 e. The van der Waals surface area contributed by atoms with Gasteiger partial charge in [0.15, 0.2) is 0 Å². The molecule has 3 atom stereocenters. The van der Waals surface area contributed by atoms with Crippen molar-refractivity contribution < 1.29 is 47.6 Å². The second-order valence-corrected chi connectivity index (χ2v) is 13.1. The van der Waals surface area contributed by atoms with E-state index in [1.54, 1.807) is 45.0 Å². The zero-order chi connectivity index (χ0) is 34.9. The molecule has 0 aromatic carbocycles. The second-order valence-electron chi connectivity index (χ2n) is 13.1. The fraction of sp³-hybridized carbons (Fsp3) is 0.771. The summed E-state index contributed by atoms with van der Waals surface area (Å²) >= 11 is 0. The van der Waals surface area contributed by atoms with E-state index in [2.05, 4.69) is 11.8 Å². The minimum absolute atomic E-state index is 0.00385. The molecule has 2 amide bonds. The lowest BCUT2D eigenvalue weighted by molar-refractivity contribution is -0.160. The Morgan fingerprint density at radius 3 is 2.15 bits per heavy atom. The van der Waals surface area contributed by atoms with Crippen molar-refractivity contribution in [3.63, 3.8) is 0 Å². The van der Waals surface area contributed by atoms with Gasteiger partial charge in [-0.3, -0.25) is 19.2 Å². The summed E-state index contributed by atoms with van der Waals surface area (Å²) in [5, 5.41) is 0. The van der Waals surface area contributed by atoms with Crippen LogP contribution in [0.3, 0.4) is 0 Å². The molecule has 0 N–H and O–H groups in total. The van der Waals surface area contributed by atoms with Gasteiger partial charge in [0.05, 0.1) is 44.3 Å². The first-order valence-electron chi connectivity index (χ1n) is 16.6. The van der Waals surface area contributed by atoms with Gasteiger partial charge in [-0.05, 0) is 40.5 Å². The van der Waals surface area contributed by atoms with Crippen LogP contribution in [-0.2, 0) is 47.6 Å². The normalized spacial score (nSPS) is 20.6. The van der Waals surface area contributed by atoms with E-state index >= 15 is 0 Å². The van der Waals surface area contributed by atoms with Crippen molar-refractivity contribution in [1.82, 2.24) is 9.80 Å². The zero-order valence-corrected chi connectivity index (χ0v) is 29.5. The number of carbonyl (C=O) groups excluding carboxylic acids is 4.